The Bertz CT molecular complexity index is 422. The number of ether oxygens (including phenoxy) is 1. The Balaban J connectivity index is 1.83. The zero-order valence-electron chi connectivity index (χ0n) is 11.5. The van der Waals surface area contributed by atoms with Crippen LogP contribution < -0.4 is 4.74 Å². The third-order valence-electron chi connectivity index (χ3n) is 3.71. The second-order valence-electron chi connectivity index (χ2n) is 5.18. The number of hydrogen-bond acceptors (Lipinski definition) is 3. The van der Waals surface area contributed by atoms with Gasteiger partial charge in [-0.3, -0.25) is 9.69 Å². The number of aliphatic carboxylic acids is 1. The second kappa shape index (κ2) is 6.06. The Kier molecular flexibility index (Phi) is 4.43. The third-order valence-corrected chi connectivity index (χ3v) is 3.71. The van der Waals surface area contributed by atoms with Crippen molar-refractivity contribution in [3.63, 3.8) is 0 Å². The summed E-state index contributed by atoms with van der Waals surface area (Å²) in [7, 11) is 0. The minimum Gasteiger partial charge on any atom is -0.490 e. The van der Waals surface area contributed by atoms with E-state index in [1.807, 2.05) is 29.2 Å². The molecule has 0 saturated carbocycles. The molecule has 2 rings (SSSR count). The number of aryl methyl sites for hydroxylation is 1. The van der Waals surface area contributed by atoms with Crippen molar-refractivity contribution in [2.45, 2.75) is 38.8 Å². The SMILES string of the molecule is Cc1ccc(OC2CCN([C@H](C)C(=O)O)CC2)cc1. The van der Waals surface area contributed by atoms with Gasteiger partial charge >= 0.3 is 5.97 Å². The highest BCUT2D eigenvalue weighted by atomic mass is 16.5. The van der Waals surface area contributed by atoms with Crippen LogP contribution in [0.15, 0.2) is 24.3 Å². The molecule has 0 bridgehead atoms. The lowest BCUT2D eigenvalue weighted by Crippen LogP contribution is -2.46. The number of carbonyl (C=O) groups is 1. The molecule has 104 valence electrons. The fraction of sp³-hybridized carbons (Fsp3) is 0.533. The van der Waals surface area contributed by atoms with Gasteiger partial charge in [-0.05, 0) is 38.8 Å². The first-order valence-electron chi connectivity index (χ1n) is 6.76. The summed E-state index contributed by atoms with van der Waals surface area (Å²) in [5, 5.41) is 8.99. The third kappa shape index (κ3) is 3.70. The Morgan fingerprint density at radius 1 is 1.32 bits per heavy atom. The van der Waals surface area contributed by atoms with Gasteiger partial charge < -0.3 is 9.84 Å². The lowest BCUT2D eigenvalue weighted by Gasteiger charge is -2.34. The van der Waals surface area contributed by atoms with E-state index in [9.17, 15) is 4.79 Å². The molecule has 1 saturated heterocycles. The van der Waals surface area contributed by atoms with E-state index >= 15 is 0 Å². The molecule has 0 aliphatic carbocycles. The van der Waals surface area contributed by atoms with E-state index in [1.54, 1.807) is 6.92 Å². The molecule has 1 atom stereocenters. The number of hydrogen-bond donors (Lipinski definition) is 1. The molecule has 0 amide bonds. The van der Waals surface area contributed by atoms with Crippen LogP contribution in [-0.4, -0.2) is 41.2 Å². The smallest absolute Gasteiger partial charge is 0.320 e. The van der Waals surface area contributed by atoms with Crippen LogP contribution in [0.5, 0.6) is 5.75 Å². The first-order chi connectivity index (χ1) is 9.06. The van der Waals surface area contributed by atoms with Gasteiger partial charge in [-0.1, -0.05) is 17.7 Å². The molecule has 4 heteroatoms. The highest BCUT2D eigenvalue weighted by molar-refractivity contribution is 5.72. The minimum atomic E-state index is -0.752. The predicted molar refractivity (Wildman–Crippen MR) is 73.5 cm³/mol. The lowest BCUT2D eigenvalue weighted by atomic mass is 10.1. The summed E-state index contributed by atoms with van der Waals surface area (Å²) in [6, 6.07) is 7.65. The summed E-state index contributed by atoms with van der Waals surface area (Å²) < 4.78 is 5.92. The zero-order valence-corrected chi connectivity index (χ0v) is 11.5. The van der Waals surface area contributed by atoms with E-state index in [0.717, 1.165) is 31.7 Å². The number of likely N-dealkylation sites (tertiary alicyclic amines) is 1. The first-order valence-corrected chi connectivity index (χ1v) is 6.76. The van der Waals surface area contributed by atoms with Gasteiger partial charge in [-0.25, -0.2) is 0 Å². The Morgan fingerprint density at radius 3 is 2.42 bits per heavy atom. The molecule has 1 heterocycles. The molecule has 1 aliphatic heterocycles. The molecule has 0 aromatic heterocycles. The van der Waals surface area contributed by atoms with E-state index < -0.39 is 12.0 Å². The van der Waals surface area contributed by atoms with E-state index in [2.05, 4.69) is 6.92 Å². The molecule has 0 spiro atoms. The van der Waals surface area contributed by atoms with Crippen molar-refractivity contribution < 1.29 is 14.6 Å². The van der Waals surface area contributed by atoms with Crippen molar-refractivity contribution in [1.82, 2.24) is 4.90 Å². The average Bonchev–Trinajstić information content (AvgIpc) is 2.41. The molecule has 0 radical (unpaired) electrons. The molecule has 4 nitrogen and oxygen atoms in total. The second-order valence-corrected chi connectivity index (χ2v) is 5.18. The fourth-order valence-corrected chi connectivity index (χ4v) is 2.35. The van der Waals surface area contributed by atoms with Crippen molar-refractivity contribution in [1.29, 1.82) is 0 Å². The van der Waals surface area contributed by atoms with Gasteiger partial charge in [0, 0.05) is 13.1 Å². The standard InChI is InChI=1S/C15H21NO3/c1-11-3-5-13(6-4-11)19-14-7-9-16(10-8-14)12(2)15(17)18/h3-6,12,14H,7-10H2,1-2H3,(H,17,18)/t12-/m1/s1. The highest BCUT2D eigenvalue weighted by Crippen LogP contribution is 2.20. The molecule has 19 heavy (non-hydrogen) atoms. The summed E-state index contributed by atoms with van der Waals surface area (Å²) >= 11 is 0. The van der Waals surface area contributed by atoms with Gasteiger partial charge in [-0.2, -0.15) is 0 Å². The monoisotopic (exact) mass is 263 g/mol. The van der Waals surface area contributed by atoms with Crippen LogP contribution in [0.25, 0.3) is 0 Å². The van der Waals surface area contributed by atoms with Gasteiger partial charge in [0.05, 0.1) is 0 Å². The summed E-state index contributed by atoms with van der Waals surface area (Å²) in [6.45, 7) is 5.35. The number of rotatable bonds is 4. The fourth-order valence-electron chi connectivity index (χ4n) is 2.35. The molecule has 1 N–H and O–H groups in total. The first kappa shape index (κ1) is 13.9. The van der Waals surface area contributed by atoms with E-state index in [1.165, 1.54) is 5.56 Å². The maximum Gasteiger partial charge on any atom is 0.320 e. The summed E-state index contributed by atoms with van der Waals surface area (Å²) in [5.41, 5.74) is 1.22. The summed E-state index contributed by atoms with van der Waals surface area (Å²) in [4.78, 5) is 12.9. The van der Waals surface area contributed by atoms with Gasteiger partial charge in [0.1, 0.15) is 17.9 Å². The lowest BCUT2D eigenvalue weighted by molar-refractivity contribution is -0.143. The Morgan fingerprint density at radius 2 is 1.89 bits per heavy atom. The van der Waals surface area contributed by atoms with Crippen molar-refractivity contribution in [3.05, 3.63) is 29.8 Å². The van der Waals surface area contributed by atoms with Crippen LogP contribution in [0.1, 0.15) is 25.3 Å². The largest absolute Gasteiger partial charge is 0.490 e. The number of carboxylic acid groups (broad SMARTS) is 1. The minimum absolute atomic E-state index is 0.194. The maximum atomic E-state index is 10.9. The van der Waals surface area contributed by atoms with Crippen LogP contribution >= 0.6 is 0 Å². The predicted octanol–water partition coefficient (Wildman–Crippen LogP) is 2.31. The zero-order chi connectivity index (χ0) is 13.8. The van der Waals surface area contributed by atoms with E-state index in [4.69, 9.17) is 9.84 Å². The van der Waals surface area contributed by atoms with Crippen LogP contribution in [-0.2, 0) is 4.79 Å². The van der Waals surface area contributed by atoms with Crippen LogP contribution in [0, 0.1) is 6.92 Å². The molecule has 1 aliphatic rings. The highest BCUT2D eigenvalue weighted by Gasteiger charge is 2.26. The van der Waals surface area contributed by atoms with Crippen molar-refractivity contribution in [2.24, 2.45) is 0 Å². The average molecular weight is 263 g/mol. The van der Waals surface area contributed by atoms with Crippen molar-refractivity contribution >= 4 is 5.97 Å². The van der Waals surface area contributed by atoms with Gasteiger partial charge in [0.2, 0.25) is 0 Å². The molecular formula is C15H21NO3. The summed E-state index contributed by atoms with van der Waals surface area (Å²) in [6.07, 6.45) is 1.96. The van der Waals surface area contributed by atoms with E-state index in [-0.39, 0.29) is 6.10 Å². The van der Waals surface area contributed by atoms with Crippen LogP contribution in [0.2, 0.25) is 0 Å². The molecule has 1 fully saturated rings. The molecular weight excluding hydrogens is 242 g/mol. The molecule has 0 unspecified atom stereocenters. The van der Waals surface area contributed by atoms with Crippen molar-refractivity contribution in [3.8, 4) is 5.75 Å². The summed E-state index contributed by atoms with van der Waals surface area (Å²) in [5.74, 6) is 0.147. The van der Waals surface area contributed by atoms with Gasteiger partial charge in [0.15, 0.2) is 0 Å². The molecule has 1 aromatic carbocycles. The Labute approximate surface area is 114 Å². The number of piperidine rings is 1. The van der Waals surface area contributed by atoms with Crippen molar-refractivity contribution in [2.75, 3.05) is 13.1 Å². The van der Waals surface area contributed by atoms with Gasteiger partial charge in [0.25, 0.3) is 0 Å². The normalized spacial score (nSPS) is 19.1. The van der Waals surface area contributed by atoms with Crippen LogP contribution in [0.4, 0.5) is 0 Å². The maximum absolute atomic E-state index is 10.9. The number of nitrogens with zero attached hydrogens (tertiary/aromatic N) is 1. The van der Waals surface area contributed by atoms with E-state index in [0.29, 0.717) is 0 Å². The topological polar surface area (TPSA) is 49.8 Å². The van der Waals surface area contributed by atoms with Gasteiger partial charge in [-0.15, -0.1) is 0 Å². The number of carboxylic acids is 1. The Hall–Kier alpha value is -1.55. The quantitative estimate of drug-likeness (QED) is 0.905. The van der Waals surface area contributed by atoms with Crippen LogP contribution in [0.3, 0.4) is 0 Å². The number of benzene rings is 1. The molecule has 1 aromatic rings.